The van der Waals surface area contributed by atoms with Crippen molar-refractivity contribution >= 4 is 15.7 Å². The van der Waals surface area contributed by atoms with Crippen LogP contribution in [0.3, 0.4) is 0 Å². The highest BCUT2D eigenvalue weighted by atomic mass is 32.2. The predicted octanol–water partition coefficient (Wildman–Crippen LogP) is 4.60. The second-order valence-electron chi connectivity index (χ2n) is 6.97. The molecule has 0 aliphatic carbocycles. The number of hydrogen-bond donors (Lipinski definition) is 1. The van der Waals surface area contributed by atoms with E-state index in [0.29, 0.717) is 11.3 Å². The van der Waals surface area contributed by atoms with E-state index in [9.17, 15) is 21.6 Å². The zero-order valence-electron chi connectivity index (χ0n) is 17.7. The molecule has 0 amide bonds. The molecule has 3 aromatic heterocycles. The molecule has 0 spiro atoms. The summed E-state index contributed by atoms with van der Waals surface area (Å²) in [7, 11) is -3.71. The molecule has 0 aliphatic rings. The molecule has 0 aromatic carbocycles. The first kappa shape index (κ1) is 23.9. The van der Waals surface area contributed by atoms with E-state index in [1.54, 1.807) is 0 Å². The number of hydrogen-bond acceptors (Lipinski definition) is 7. The summed E-state index contributed by atoms with van der Waals surface area (Å²) in [4.78, 5) is 11.9. The van der Waals surface area contributed by atoms with E-state index in [4.69, 9.17) is 10.00 Å². The number of aryl methyl sites for hydroxylation is 2. The Morgan fingerprint density at radius 2 is 1.88 bits per heavy atom. The van der Waals surface area contributed by atoms with Gasteiger partial charge in [-0.2, -0.15) is 18.4 Å². The average molecular weight is 477 g/mol. The van der Waals surface area contributed by atoms with Crippen LogP contribution >= 0.6 is 0 Å². The molecule has 0 saturated carbocycles. The predicted molar refractivity (Wildman–Crippen MR) is 114 cm³/mol. The van der Waals surface area contributed by atoms with E-state index < -0.39 is 21.9 Å². The molecule has 0 bridgehead atoms. The molecule has 33 heavy (non-hydrogen) atoms. The number of sulfonamides is 1. The number of nitrogens with zero attached hydrogens (tertiary/aromatic N) is 4. The Labute approximate surface area is 188 Å². The SMILES string of the molecule is CCS(=O)(=O)Nc1ccc(-c2cncc(C#N)c2)nc1Oc1c(C)cc(C(F)(F)F)nc1C. The number of nitriles is 1. The number of ether oxygens (including phenoxy) is 1. The highest BCUT2D eigenvalue weighted by molar-refractivity contribution is 7.92. The third-order valence-electron chi connectivity index (χ3n) is 4.49. The van der Waals surface area contributed by atoms with Gasteiger partial charge >= 0.3 is 6.18 Å². The summed E-state index contributed by atoms with van der Waals surface area (Å²) in [6, 6.07) is 7.24. The molecule has 0 unspecified atom stereocenters. The third-order valence-corrected chi connectivity index (χ3v) is 5.78. The van der Waals surface area contributed by atoms with Crippen LogP contribution in [0.5, 0.6) is 11.6 Å². The molecular formula is C21H18F3N5O3S. The Kier molecular flexibility index (Phi) is 6.55. The molecule has 0 atom stereocenters. The zero-order valence-corrected chi connectivity index (χ0v) is 18.5. The molecule has 0 saturated heterocycles. The van der Waals surface area contributed by atoms with Gasteiger partial charge in [0.2, 0.25) is 15.9 Å². The van der Waals surface area contributed by atoms with Crippen molar-refractivity contribution in [2.45, 2.75) is 26.9 Å². The molecule has 0 radical (unpaired) electrons. The minimum atomic E-state index is -4.63. The van der Waals surface area contributed by atoms with E-state index >= 15 is 0 Å². The van der Waals surface area contributed by atoms with Crippen molar-refractivity contribution in [2.24, 2.45) is 0 Å². The van der Waals surface area contributed by atoms with Crippen LogP contribution in [-0.2, 0) is 16.2 Å². The summed E-state index contributed by atoms with van der Waals surface area (Å²) in [6.07, 6.45) is -1.81. The van der Waals surface area contributed by atoms with Gasteiger partial charge in [0.15, 0.2) is 5.75 Å². The Bertz CT molecular complexity index is 1330. The normalized spacial score (nSPS) is 11.7. The lowest BCUT2D eigenvalue weighted by atomic mass is 10.1. The van der Waals surface area contributed by atoms with Gasteiger partial charge in [-0.1, -0.05) is 0 Å². The summed E-state index contributed by atoms with van der Waals surface area (Å²) in [5.74, 6) is -0.407. The van der Waals surface area contributed by atoms with Crippen LogP contribution in [0.15, 0.2) is 36.7 Å². The number of aromatic nitrogens is 3. The van der Waals surface area contributed by atoms with Crippen molar-refractivity contribution < 1.29 is 26.3 Å². The second-order valence-corrected chi connectivity index (χ2v) is 8.98. The van der Waals surface area contributed by atoms with Crippen molar-refractivity contribution in [1.29, 1.82) is 5.26 Å². The molecule has 3 rings (SSSR count). The van der Waals surface area contributed by atoms with E-state index in [2.05, 4.69) is 19.7 Å². The molecule has 3 heterocycles. The number of alkyl halides is 3. The van der Waals surface area contributed by atoms with E-state index in [1.807, 2.05) is 6.07 Å². The number of nitrogens with one attached hydrogen (secondary N) is 1. The van der Waals surface area contributed by atoms with Crippen molar-refractivity contribution in [1.82, 2.24) is 15.0 Å². The van der Waals surface area contributed by atoms with Gasteiger partial charge in [-0.15, -0.1) is 0 Å². The number of rotatable bonds is 6. The molecule has 0 fully saturated rings. The lowest BCUT2D eigenvalue weighted by Gasteiger charge is -2.17. The van der Waals surface area contributed by atoms with Gasteiger partial charge in [0.1, 0.15) is 17.5 Å². The van der Waals surface area contributed by atoms with Gasteiger partial charge in [0.25, 0.3) is 0 Å². The lowest BCUT2D eigenvalue weighted by Crippen LogP contribution is -2.16. The summed E-state index contributed by atoms with van der Waals surface area (Å²) in [5.41, 5.74) is 0.0613. The van der Waals surface area contributed by atoms with Crippen LogP contribution in [-0.4, -0.2) is 29.1 Å². The summed E-state index contributed by atoms with van der Waals surface area (Å²) in [6.45, 7) is 4.20. The van der Waals surface area contributed by atoms with Crippen molar-refractivity contribution in [3.8, 4) is 29.0 Å². The molecule has 3 aromatic rings. The van der Waals surface area contributed by atoms with Crippen LogP contribution in [0.25, 0.3) is 11.3 Å². The second kappa shape index (κ2) is 9.03. The Balaban J connectivity index is 2.12. The average Bonchev–Trinajstić information content (AvgIpc) is 2.76. The van der Waals surface area contributed by atoms with Gasteiger partial charge in [-0.3, -0.25) is 9.71 Å². The molecule has 8 nitrogen and oxygen atoms in total. The summed E-state index contributed by atoms with van der Waals surface area (Å²) in [5, 5.41) is 9.10. The van der Waals surface area contributed by atoms with Crippen molar-refractivity contribution in [2.75, 3.05) is 10.5 Å². The van der Waals surface area contributed by atoms with Crippen molar-refractivity contribution in [3.05, 3.63) is 59.2 Å². The fourth-order valence-electron chi connectivity index (χ4n) is 2.85. The van der Waals surface area contributed by atoms with Gasteiger partial charge < -0.3 is 4.74 Å². The Morgan fingerprint density at radius 1 is 1.15 bits per heavy atom. The van der Waals surface area contributed by atoms with E-state index in [0.717, 1.165) is 6.07 Å². The maximum Gasteiger partial charge on any atom is 0.433 e. The standard InChI is InChI=1S/C21H18F3N5O3S/c1-4-33(30,31)29-17-6-5-16(15-8-14(9-25)10-26-11-15)28-20(17)32-19-12(2)7-18(21(22,23)24)27-13(19)3/h5-8,10-11,29H,4H2,1-3H3. The quantitative estimate of drug-likeness (QED) is 0.551. The number of halogens is 3. The monoisotopic (exact) mass is 477 g/mol. The zero-order chi connectivity index (χ0) is 24.4. The first-order valence-electron chi connectivity index (χ1n) is 9.54. The fraction of sp³-hybridized carbons (Fsp3) is 0.238. The molecule has 0 aliphatic heterocycles. The summed E-state index contributed by atoms with van der Waals surface area (Å²) < 4.78 is 71.6. The third kappa shape index (κ3) is 5.56. The van der Waals surface area contributed by atoms with Crippen LogP contribution in [0.2, 0.25) is 0 Å². The van der Waals surface area contributed by atoms with Crippen LogP contribution in [0.4, 0.5) is 18.9 Å². The molecular weight excluding hydrogens is 459 g/mol. The van der Waals surface area contributed by atoms with Crippen LogP contribution < -0.4 is 9.46 Å². The number of anilines is 1. The first-order chi connectivity index (χ1) is 15.4. The van der Waals surface area contributed by atoms with Crippen LogP contribution in [0, 0.1) is 25.2 Å². The first-order valence-corrected chi connectivity index (χ1v) is 11.2. The smallest absolute Gasteiger partial charge is 0.433 e. The van der Waals surface area contributed by atoms with Gasteiger partial charge in [0.05, 0.1) is 22.7 Å². The van der Waals surface area contributed by atoms with Gasteiger partial charge in [-0.25, -0.2) is 18.4 Å². The van der Waals surface area contributed by atoms with E-state index in [1.165, 1.54) is 51.4 Å². The minimum Gasteiger partial charge on any atom is -0.435 e. The molecule has 172 valence electrons. The maximum atomic E-state index is 13.1. The van der Waals surface area contributed by atoms with Gasteiger partial charge in [0, 0.05) is 18.0 Å². The summed E-state index contributed by atoms with van der Waals surface area (Å²) >= 11 is 0. The highest BCUT2D eigenvalue weighted by Gasteiger charge is 2.33. The Hall–Kier alpha value is -3.72. The molecule has 12 heteroatoms. The van der Waals surface area contributed by atoms with E-state index in [-0.39, 0.29) is 39.9 Å². The minimum absolute atomic E-state index is 0.00787. The molecule has 1 N–H and O–H groups in total. The fourth-order valence-corrected chi connectivity index (χ4v) is 3.49. The van der Waals surface area contributed by atoms with Crippen molar-refractivity contribution in [3.63, 3.8) is 0 Å². The highest BCUT2D eigenvalue weighted by Crippen LogP contribution is 2.37. The van der Waals surface area contributed by atoms with Crippen LogP contribution in [0.1, 0.15) is 29.4 Å². The Morgan fingerprint density at radius 3 is 2.48 bits per heavy atom. The van der Waals surface area contributed by atoms with Gasteiger partial charge in [-0.05, 0) is 50.6 Å². The topological polar surface area (TPSA) is 118 Å². The lowest BCUT2D eigenvalue weighted by molar-refractivity contribution is -0.141. The maximum absolute atomic E-state index is 13.1. The number of pyridine rings is 3. The largest absolute Gasteiger partial charge is 0.435 e.